The highest BCUT2D eigenvalue weighted by Gasteiger charge is 2.80. The summed E-state index contributed by atoms with van der Waals surface area (Å²) in [5.41, 5.74) is 2.76. The molecule has 0 radical (unpaired) electrons. The molecule has 8 heteroatoms. The van der Waals surface area contributed by atoms with Crippen molar-refractivity contribution in [2.45, 2.75) is 84.7 Å². The Morgan fingerprint density at radius 1 is 0.514 bits per heavy atom. The van der Waals surface area contributed by atoms with Gasteiger partial charge in [0.1, 0.15) is 0 Å². The third-order valence-corrected chi connectivity index (χ3v) is 11.9. The lowest BCUT2D eigenvalue weighted by Crippen LogP contribution is -2.28. The minimum absolute atomic E-state index is 0.461. The fraction of sp³-hybridized carbons (Fsp3) is 0.481. The molecule has 192 valence electrons. The minimum atomic E-state index is -4.19. The summed E-state index contributed by atoms with van der Waals surface area (Å²) < 4.78 is 54.7. The molecule has 35 heavy (non-hydrogen) atoms. The maximum Gasteiger partial charge on any atom is 0.358 e. The first-order chi connectivity index (χ1) is 16.4. The number of hydrogen-bond donors (Lipinski definition) is 0. The normalized spacial score (nSPS) is 16.1. The molecular weight excluding hydrogens is 482 g/mol. The van der Waals surface area contributed by atoms with Crippen molar-refractivity contribution in [3.8, 4) is 0 Å². The maximum atomic E-state index is 15.1. The van der Waals surface area contributed by atoms with Crippen LogP contribution in [0.4, 0.5) is 0 Å². The predicted molar refractivity (Wildman–Crippen MR) is 143 cm³/mol. The number of benzene rings is 2. The Hall–Kier alpha value is -1.52. The van der Waals surface area contributed by atoms with Gasteiger partial charge in [0.05, 0.1) is 24.4 Å². The molecule has 3 rings (SSSR count). The molecule has 0 bridgehead atoms. The third kappa shape index (κ3) is 5.44. The van der Waals surface area contributed by atoms with E-state index in [-0.39, 0.29) is 0 Å². The van der Waals surface area contributed by atoms with Gasteiger partial charge in [0.25, 0.3) is 0 Å². The molecule has 2 aromatic rings. The second-order valence-corrected chi connectivity index (χ2v) is 14.3. The molecule has 0 saturated carbocycles. The van der Waals surface area contributed by atoms with E-state index >= 15 is 9.13 Å². The van der Waals surface area contributed by atoms with E-state index in [0.717, 1.165) is 11.1 Å². The molecule has 0 aliphatic heterocycles. The van der Waals surface area contributed by atoms with Gasteiger partial charge >= 0.3 is 15.2 Å². The Balaban J connectivity index is 2.44. The molecule has 0 saturated heterocycles. The summed E-state index contributed by atoms with van der Waals surface area (Å²) in [5.74, 6) is 0. The van der Waals surface area contributed by atoms with Crippen LogP contribution in [-0.4, -0.2) is 29.3 Å². The topological polar surface area (TPSA) is 71.1 Å². The van der Waals surface area contributed by atoms with Crippen molar-refractivity contribution in [1.29, 1.82) is 0 Å². The van der Waals surface area contributed by atoms with Crippen molar-refractivity contribution in [3.63, 3.8) is 0 Å². The summed E-state index contributed by atoms with van der Waals surface area (Å²) in [5, 5.41) is 0. The van der Waals surface area contributed by atoms with Crippen LogP contribution in [0.15, 0.2) is 60.7 Å². The Morgan fingerprint density at radius 2 is 0.771 bits per heavy atom. The van der Waals surface area contributed by atoms with E-state index in [1.54, 1.807) is 55.4 Å². The van der Waals surface area contributed by atoms with Gasteiger partial charge < -0.3 is 18.1 Å². The Kier molecular flexibility index (Phi) is 8.69. The van der Waals surface area contributed by atoms with E-state index in [2.05, 4.69) is 0 Å². The van der Waals surface area contributed by atoms with Gasteiger partial charge in [-0.05, 0) is 66.5 Å². The fourth-order valence-corrected chi connectivity index (χ4v) is 11.0. The Bertz CT molecular complexity index is 1010. The lowest BCUT2D eigenvalue weighted by atomic mass is 10.1. The molecule has 0 amide bonds. The van der Waals surface area contributed by atoms with Gasteiger partial charge in [0.15, 0.2) is 0 Å². The third-order valence-electron chi connectivity index (χ3n) is 5.20. The molecule has 1 aliphatic rings. The SMILES string of the molecule is CC(C)OP(=O)(OC(C)C)C1(P(=O)(OC(C)C)OC(C)C)C(c2ccccc2)=C1c1ccccc1. The monoisotopic (exact) mass is 520 g/mol. The van der Waals surface area contributed by atoms with E-state index in [0.29, 0.717) is 11.1 Å². The summed E-state index contributed by atoms with van der Waals surface area (Å²) in [6, 6.07) is 19.0. The average Bonchev–Trinajstić information content (AvgIpc) is 3.46. The Labute approximate surface area is 210 Å². The summed E-state index contributed by atoms with van der Waals surface area (Å²) >= 11 is 0. The summed E-state index contributed by atoms with van der Waals surface area (Å²) in [6.07, 6.45) is -1.84. The molecule has 1 aliphatic carbocycles. The zero-order valence-electron chi connectivity index (χ0n) is 21.9. The summed E-state index contributed by atoms with van der Waals surface area (Å²) in [4.78, 5) is -1.72. The van der Waals surface area contributed by atoms with Crippen molar-refractivity contribution < 1.29 is 27.2 Å². The van der Waals surface area contributed by atoms with Crippen molar-refractivity contribution in [2.75, 3.05) is 0 Å². The second-order valence-electron chi connectivity index (χ2n) is 9.77. The largest absolute Gasteiger partial charge is 0.358 e. The van der Waals surface area contributed by atoms with Crippen molar-refractivity contribution in [3.05, 3.63) is 71.8 Å². The van der Waals surface area contributed by atoms with Crippen LogP contribution in [0.1, 0.15) is 66.5 Å². The molecule has 0 N–H and O–H groups in total. The first kappa shape index (κ1) is 28.1. The maximum absolute atomic E-state index is 15.1. The van der Waals surface area contributed by atoms with Gasteiger partial charge in [-0.2, -0.15) is 0 Å². The van der Waals surface area contributed by atoms with Crippen molar-refractivity contribution in [2.24, 2.45) is 0 Å². The number of hydrogen-bond acceptors (Lipinski definition) is 6. The van der Waals surface area contributed by atoms with E-state index in [9.17, 15) is 0 Å². The highest BCUT2D eigenvalue weighted by molar-refractivity contribution is 7.78. The van der Waals surface area contributed by atoms with E-state index < -0.39 is 44.5 Å². The quantitative estimate of drug-likeness (QED) is 0.262. The highest BCUT2D eigenvalue weighted by atomic mass is 31.2. The van der Waals surface area contributed by atoms with Crippen LogP contribution in [0.2, 0.25) is 0 Å². The first-order valence-corrected chi connectivity index (χ1v) is 15.3. The van der Waals surface area contributed by atoms with Crippen molar-refractivity contribution in [1.82, 2.24) is 0 Å². The summed E-state index contributed by atoms with van der Waals surface area (Å²) in [7, 11) is -8.38. The Morgan fingerprint density at radius 3 is 1.00 bits per heavy atom. The second kappa shape index (κ2) is 10.8. The van der Waals surface area contributed by atoms with E-state index in [1.165, 1.54) is 0 Å². The smallest absolute Gasteiger partial charge is 0.304 e. The fourth-order valence-electron chi connectivity index (χ4n) is 4.32. The lowest BCUT2D eigenvalue weighted by Gasteiger charge is -2.38. The number of allylic oxidation sites excluding steroid dienone is 2. The molecule has 0 unspecified atom stereocenters. The van der Waals surface area contributed by atoms with Gasteiger partial charge in [0.2, 0.25) is 4.90 Å². The zero-order valence-corrected chi connectivity index (χ0v) is 23.7. The zero-order chi connectivity index (χ0) is 26.0. The first-order valence-electron chi connectivity index (χ1n) is 12.2. The molecule has 0 spiro atoms. The van der Waals surface area contributed by atoms with Gasteiger partial charge in [-0.25, -0.2) is 0 Å². The van der Waals surface area contributed by atoms with Gasteiger partial charge in [0, 0.05) is 11.1 Å². The van der Waals surface area contributed by atoms with E-state index in [1.807, 2.05) is 60.7 Å². The molecule has 0 aromatic heterocycles. The molecule has 0 atom stereocenters. The molecule has 6 nitrogen and oxygen atoms in total. The standard InChI is InChI=1S/C27H38O6P2/c1-19(2)30-34(28,31-20(3)4)27(35(29,32-21(5)6)33-22(7)8)25(23-15-11-9-12-16-23)26(27)24-17-13-10-14-18-24/h9-22H,1-8H3. The molecule has 0 heterocycles. The van der Waals surface area contributed by atoms with Crippen LogP contribution in [-0.2, 0) is 27.2 Å². The van der Waals surface area contributed by atoms with Crippen LogP contribution >= 0.6 is 15.2 Å². The molecule has 0 fully saturated rings. The van der Waals surface area contributed by atoms with Crippen LogP contribution in [0.5, 0.6) is 0 Å². The van der Waals surface area contributed by atoms with Gasteiger partial charge in [-0.3, -0.25) is 9.13 Å². The average molecular weight is 521 g/mol. The van der Waals surface area contributed by atoms with Gasteiger partial charge in [-0.1, -0.05) is 60.7 Å². The molecule has 2 aromatic carbocycles. The molecular formula is C27H38O6P2. The lowest BCUT2D eigenvalue weighted by molar-refractivity contribution is 0.123. The predicted octanol–water partition coefficient (Wildman–Crippen LogP) is 8.39. The van der Waals surface area contributed by atoms with Gasteiger partial charge in [-0.15, -0.1) is 0 Å². The van der Waals surface area contributed by atoms with Crippen LogP contribution in [0.3, 0.4) is 0 Å². The van der Waals surface area contributed by atoms with Crippen LogP contribution < -0.4 is 0 Å². The van der Waals surface area contributed by atoms with E-state index in [4.69, 9.17) is 18.1 Å². The summed E-state index contributed by atoms with van der Waals surface area (Å²) in [6.45, 7) is 14.3. The van der Waals surface area contributed by atoms with Crippen LogP contribution in [0, 0.1) is 0 Å². The minimum Gasteiger partial charge on any atom is -0.304 e. The van der Waals surface area contributed by atoms with Crippen LogP contribution in [0.25, 0.3) is 11.1 Å². The number of rotatable bonds is 12. The van der Waals surface area contributed by atoms with Crippen molar-refractivity contribution >= 4 is 26.3 Å². The highest BCUT2D eigenvalue weighted by Crippen LogP contribution is 2.93.